The van der Waals surface area contributed by atoms with Crippen molar-refractivity contribution in [2.24, 2.45) is 0 Å². The van der Waals surface area contributed by atoms with Crippen molar-refractivity contribution in [1.29, 1.82) is 0 Å². The lowest BCUT2D eigenvalue weighted by Crippen LogP contribution is -2.07. The number of carbonyl (C=O) groups is 1. The maximum atomic E-state index is 11.5. The first-order valence-corrected chi connectivity index (χ1v) is 6.56. The second-order valence-corrected chi connectivity index (χ2v) is 5.09. The molecule has 0 atom stereocenters. The summed E-state index contributed by atoms with van der Waals surface area (Å²) in [5.74, 6) is -0.0811. The minimum Gasteiger partial charge on any atom is -0.322 e. The molecule has 0 radical (unpaired) electrons. The lowest BCUT2D eigenvalue weighted by atomic mass is 10.3. The molecule has 0 unspecified atom stereocenters. The molecule has 0 aliphatic carbocycles. The van der Waals surface area contributed by atoms with E-state index in [-0.39, 0.29) is 16.8 Å². The summed E-state index contributed by atoms with van der Waals surface area (Å²) in [6.45, 7) is 0. The van der Waals surface area contributed by atoms with Gasteiger partial charge < -0.3 is 5.32 Å². The van der Waals surface area contributed by atoms with E-state index in [0.717, 1.165) is 5.69 Å². The fraction of sp³-hybridized carbons (Fsp3) is 0. The zero-order chi connectivity index (χ0) is 11.2. The van der Waals surface area contributed by atoms with Crippen LogP contribution in [0.4, 0.5) is 5.69 Å². The Morgan fingerprint density at radius 3 is 2.50 bits per heavy atom. The van der Waals surface area contributed by atoms with Crippen molar-refractivity contribution in [3.8, 4) is 0 Å². The van der Waals surface area contributed by atoms with Gasteiger partial charge in [0.2, 0.25) is 5.91 Å². The SMILES string of the molecule is O=C(C=C[SH]1C=CC=C1)Nc1ccccc1. The van der Waals surface area contributed by atoms with E-state index in [1.807, 2.05) is 47.9 Å². The Morgan fingerprint density at radius 2 is 1.81 bits per heavy atom. The van der Waals surface area contributed by atoms with Crippen molar-refractivity contribution in [3.63, 3.8) is 0 Å². The molecule has 16 heavy (non-hydrogen) atoms. The molecule has 1 aromatic rings. The van der Waals surface area contributed by atoms with Crippen molar-refractivity contribution < 1.29 is 4.79 Å². The molecule has 1 heterocycles. The van der Waals surface area contributed by atoms with Gasteiger partial charge in [0.05, 0.1) is 0 Å². The molecule has 1 aliphatic heterocycles. The smallest absolute Gasteiger partial charge is 0.248 e. The van der Waals surface area contributed by atoms with Crippen LogP contribution in [0.15, 0.2) is 64.8 Å². The Morgan fingerprint density at radius 1 is 1.12 bits per heavy atom. The van der Waals surface area contributed by atoms with Gasteiger partial charge in [-0.2, -0.15) is 10.9 Å². The molecular weight excluding hydrogens is 218 g/mol. The van der Waals surface area contributed by atoms with E-state index in [4.69, 9.17) is 0 Å². The molecule has 1 aliphatic rings. The third-order valence-electron chi connectivity index (χ3n) is 2.07. The van der Waals surface area contributed by atoms with Crippen molar-refractivity contribution in [3.05, 3.63) is 64.8 Å². The van der Waals surface area contributed by atoms with Crippen LogP contribution >= 0.6 is 10.9 Å². The number of hydrogen-bond donors (Lipinski definition) is 2. The quantitative estimate of drug-likeness (QED) is 0.607. The fourth-order valence-electron chi connectivity index (χ4n) is 1.31. The summed E-state index contributed by atoms with van der Waals surface area (Å²) < 4.78 is 0. The standard InChI is InChI=1S/C13H13NOS/c15-13(8-11-16-9-4-5-10-16)14-12-6-2-1-3-7-12/h1-11,16H,(H,14,15). The first-order chi connectivity index (χ1) is 7.84. The zero-order valence-corrected chi connectivity index (χ0v) is 9.60. The van der Waals surface area contributed by atoms with Crippen molar-refractivity contribution >= 4 is 22.5 Å². The summed E-state index contributed by atoms with van der Waals surface area (Å²) in [7, 11) is -0.355. The predicted molar refractivity (Wildman–Crippen MR) is 71.5 cm³/mol. The minimum atomic E-state index is -0.355. The van der Waals surface area contributed by atoms with Gasteiger partial charge in [0, 0.05) is 11.8 Å². The highest BCUT2D eigenvalue weighted by Gasteiger charge is 1.98. The van der Waals surface area contributed by atoms with Gasteiger partial charge >= 0.3 is 0 Å². The van der Waals surface area contributed by atoms with Crippen LogP contribution in [0.1, 0.15) is 0 Å². The molecule has 3 heteroatoms. The fourth-order valence-corrected chi connectivity index (χ4v) is 2.51. The third kappa shape index (κ3) is 3.14. The molecule has 1 N–H and O–H groups in total. The lowest BCUT2D eigenvalue weighted by Gasteiger charge is -2.03. The number of para-hydroxylation sites is 1. The zero-order valence-electron chi connectivity index (χ0n) is 8.71. The van der Waals surface area contributed by atoms with E-state index in [2.05, 4.69) is 16.1 Å². The summed E-state index contributed by atoms with van der Waals surface area (Å²) in [6, 6.07) is 9.44. The van der Waals surface area contributed by atoms with Gasteiger partial charge in [0.25, 0.3) is 0 Å². The van der Waals surface area contributed by atoms with E-state index in [9.17, 15) is 4.79 Å². The maximum absolute atomic E-state index is 11.5. The van der Waals surface area contributed by atoms with Gasteiger partial charge in [-0.3, -0.25) is 4.79 Å². The first kappa shape index (κ1) is 10.8. The molecule has 2 rings (SSSR count). The number of nitrogens with one attached hydrogen (secondary N) is 1. The lowest BCUT2D eigenvalue weighted by molar-refractivity contribution is -0.111. The Bertz CT molecular complexity index is 436. The van der Waals surface area contributed by atoms with Gasteiger partial charge in [-0.1, -0.05) is 30.4 Å². The van der Waals surface area contributed by atoms with Gasteiger partial charge in [-0.25, -0.2) is 0 Å². The minimum absolute atomic E-state index is 0.0811. The van der Waals surface area contributed by atoms with Crippen LogP contribution in [0.3, 0.4) is 0 Å². The van der Waals surface area contributed by atoms with Crippen LogP contribution < -0.4 is 5.32 Å². The Hall–Kier alpha value is -1.74. The number of anilines is 1. The molecule has 0 fully saturated rings. The summed E-state index contributed by atoms with van der Waals surface area (Å²) >= 11 is 0. The summed E-state index contributed by atoms with van der Waals surface area (Å²) in [5.41, 5.74) is 0.822. The van der Waals surface area contributed by atoms with Crippen LogP contribution in [-0.4, -0.2) is 5.91 Å². The van der Waals surface area contributed by atoms with Crippen LogP contribution in [0.25, 0.3) is 0 Å². The molecule has 0 saturated carbocycles. The number of benzene rings is 1. The Kier molecular flexibility index (Phi) is 3.62. The summed E-state index contributed by atoms with van der Waals surface area (Å²) in [4.78, 5) is 11.5. The average molecular weight is 231 g/mol. The van der Waals surface area contributed by atoms with Crippen molar-refractivity contribution in [2.75, 3.05) is 5.32 Å². The maximum Gasteiger partial charge on any atom is 0.248 e. The van der Waals surface area contributed by atoms with Gasteiger partial charge in [0.15, 0.2) is 0 Å². The van der Waals surface area contributed by atoms with Gasteiger partial charge in [0.1, 0.15) is 0 Å². The van der Waals surface area contributed by atoms with E-state index in [0.29, 0.717) is 0 Å². The second-order valence-electron chi connectivity index (χ2n) is 3.30. The topological polar surface area (TPSA) is 29.1 Å². The van der Waals surface area contributed by atoms with Gasteiger partial charge in [-0.05, 0) is 28.4 Å². The Balaban J connectivity index is 1.89. The molecule has 2 nitrogen and oxygen atoms in total. The number of allylic oxidation sites excluding steroid dienone is 2. The highest BCUT2D eigenvalue weighted by Crippen LogP contribution is 2.33. The highest BCUT2D eigenvalue weighted by molar-refractivity contribution is 8.24. The van der Waals surface area contributed by atoms with E-state index in [1.165, 1.54) is 0 Å². The first-order valence-electron chi connectivity index (χ1n) is 5.01. The van der Waals surface area contributed by atoms with Crippen LogP contribution in [0, 0.1) is 0 Å². The van der Waals surface area contributed by atoms with E-state index in [1.54, 1.807) is 6.08 Å². The van der Waals surface area contributed by atoms with E-state index < -0.39 is 0 Å². The number of carbonyl (C=O) groups excluding carboxylic acids is 1. The highest BCUT2D eigenvalue weighted by atomic mass is 32.2. The Labute approximate surface area is 97.7 Å². The molecular formula is C13H13NOS. The monoisotopic (exact) mass is 231 g/mol. The number of rotatable bonds is 3. The molecule has 0 spiro atoms. The van der Waals surface area contributed by atoms with Crippen LogP contribution in [-0.2, 0) is 4.79 Å². The van der Waals surface area contributed by atoms with Crippen LogP contribution in [0.5, 0.6) is 0 Å². The normalized spacial score (nSPS) is 15.9. The summed E-state index contributed by atoms with van der Waals surface area (Å²) in [6.07, 6.45) is 5.61. The summed E-state index contributed by atoms with van der Waals surface area (Å²) in [5, 5.41) is 8.94. The van der Waals surface area contributed by atoms with Gasteiger partial charge in [-0.15, -0.1) is 0 Å². The van der Waals surface area contributed by atoms with Crippen molar-refractivity contribution in [1.82, 2.24) is 0 Å². The molecule has 0 aromatic heterocycles. The third-order valence-corrected chi connectivity index (χ3v) is 3.59. The molecule has 0 saturated heterocycles. The predicted octanol–water partition coefficient (Wildman–Crippen LogP) is 3.18. The average Bonchev–Trinajstić information content (AvgIpc) is 2.81. The van der Waals surface area contributed by atoms with E-state index >= 15 is 0 Å². The number of hydrogen-bond acceptors (Lipinski definition) is 1. The number of thiol groups is 1. The van der Waals surface area contributed by atoms with Crippen LogP contribution in [0.2, 0.25) is 0 Å². The molecule has 82 valence electrons. The second kappa shape index (κ2) is 5.37. The molecule has 1 aromatic carbocycles. The molecule has 1 amide bonds. The largest absolute Gasteiger partial charge is 0.322 e. The number of amides is 1. The van der Waals surface area contributed by atoms with Crippen molar-refractivity contribution in [2.45, 2.75) is 0 Å². The molecule has 0 bridgehead atoms.